The number of anilines is 1. The first-order chi connectivity index (χ1) is 14.7. The number of hydrogen-bond acceptors (Lipinski definition) is 6. The average Bonchev–Trinajstić information content (AvgIpc) is 3.45. The van der Waals surface area contributed by atoms with Gasteiger partial charge in [-0.1, -0.05) is 19.3 Å². The summed E-state index contributed by atoms with van der Waals surface area (Å²) < 4.78 is 0. The molecule has 0 radical (unpaired) electrons. The van der Waals surface area contributed by atoms with Gasteiger partial charge in [0.15, 0.2) is 5.13 Å². The highest BCUT2D eigenvalue weighted by Gasteiger charge is 2.29. The van der Waals surface area contributed by atoms with Crippen molar-refractivity contribution in [2.45, 2.75) is 70.4 Å². The summed E-state index contributed by atoms with van der Waals surface area (Å²) in [6.45, 7) is 10.0. The molecule has 3 fully saturated rings. The lowest BCUT2D eigenvalue weighted by Gasteiger charge is -2.39. The zero-order valence-electron chi connectivity index (χ0n) is 19.4. The van der Waals surface area contributed by atoms with Crippen molar-refractivity contribution in [3.8, 4) is 0 Å². The van der Waals surface area contributed by atoms with E-state index in [0.29, 0.717) is 0 Å². The largest absolute Gasteiger partial charge is 0.354 e. The van der Waals surface area contributed by atoms with E-state index in [1.807, 2.05) is 11.3 Å². The minimum absolute atomic E-state index is 0.835. The number of aromatic nitrogens is 1. The molecule has 1 aliphatic carbocycles. The van der Waals surface area contributed by atoms with Gasteiger partial charge >= 0.3 is 0 Å². The Balaban J connectivity index is 1.35. The Hall–Kier alpha value is -0.690. The van der Waals surface area contributed by atoms with Crippen molar-refractivity contribution < 1.29 is 0 Å². The molecule has 2 aliphatic heterocycles. The molecule has 1 atom stereocenters. The van der Waals surface area contributed by atoms with Crippen molar-refractivity contribution >= 4 is 16.5 Å². The minimum atomic E-state index is 0.835. The van der Waals surface area contributed by atoms with E-state index in [-0.39, 0.29) is 0 Å². The highest BCUT2D eigenvalue weighted by molar-refractivity contribution is 7.15. The van der Waals surface area contributed by atoms with Crippen LogP contribution in [0.5, 0.6) is 0 Å². The minimum Gasteiger partial charge on any atom is -0.354 e. The fraction of sp³-hybridized carbons (Fsp3) is 0.875. The van der Waals surface area contributed by atoms with E-state index in [9.17, 15) is 0 Å². The molecular formula is C24H43N5S. The Morgan fingerprint density at radius 1 is 1.00 bits per heavy atom. The Morgan fingerprint density at radius 3 is 2.53 bits per heavy atom. The van der Waals surface area contributed by atoms with E-state index in [0.717, 1.165) is 23.6 Å². The molecule has 0 bridgehead atoms. The standard InChI is InChI=1S/C24H43N5S/c1-26(2)24-25-17-23(30-24)20-28(16-15-27-12-6-3-7-13-27)18-21-9-8-14-29(19-21)22-10-4-5-11-22/h17,21-22H,3-16,18-20H2,1-2H3/t21-/m1/s1. The van der Waals surface area contributed by atoms with Crippen LogP contribution in [0.4, 0.5) is 5.13 Å². The number of hydrogen-bond donors (Lipinski definition) is 0. The lowest BCUT2D eigenvalue weighted by Crippen LogP contribution is -2.46. The van der Waals surface area contributed by atoms with Gasteiger partial charge < -0.3 is 14.7 Å². The monoisotopic (exact) mass is 433 g/mol. The van der Waals surface area contributed by atoms with Crippen molar-refractivity contribution in [1.82, 2.24) is 19.7 Å². The lowest BCUT2D eigenvalue weighted by atomic mass is 9.95. The van der Waals surface area contributed by atoms with E-state index in [1.165, 1.54) is 108 Å². The maximum atomic E-state index is 4.63. The van der Waals surface area contributed by atoms with Crippen LogP contribution in [0.25, 0.3) is 0 Å². The van der Waals surface area contributed by atoms with Gasteiger partial charge in [0, 0.05) is 63.9 Å². The smallest absolute Gasteiger partial charge is 0.185 e. The van der Waals surface area contributed by atoms with Gasteiger partial charge in [-0.3, -0.25) is 4.90 Å². The molecule has 1 saturated carbocycles. The summed E-state index contributed by atoms with van der Waals surface area (Å²) in [6.07, 6.45) is 14.9. The molecule has 30 heavy (non-hydrogen) atoms. The van der Waals surface area contributed by atoms with Gasteiger partial charge in [0.25, 0.3) is 0 Å². The van der Waals surface area contributed by atoms with Crippen molar-refractivity contribution in [3.05, 3.63) is 11.1 Å². The third-order valence-corrected chi connectivity index (χ3v) is 8.54. The summed E-state index contributed by atoms with van der Waals surface area (Å²) in [7, 11) is 4.19. The molecule has 2 saturated heterocycles. The third kappa shape index (κ3) is 6.41. The SMILES string of the molecule is CN(C)c1ncc(CN(CCN2CCCCC2)C[C@H]2CCCN(C3CCCC3)C2)s1. The van der Waals surface area contributed by atoms with Gasteiger partial charge in [0.2, 0.25) is 0 Å². The Bertz CT molecular complexity index is 621. The van der Waals surface area contributed by atoms with Crippen LogP contribution in [0.1, 0.15) is 62.7 Å². The summed E-state index contributed by atoms with van der Waals surface area (Å²) >= 11 is 1.86. The van der Waals surface area contributed by atoms with E-state index >= 15 is 0 Å². The quantitative estimate of drug-likeness (QED) is 0.583. The van der Waals surface area contributed by atoms with Crippen LogP contribution in [0, 0.1) is 5.92 Å². The van der Waals surface area contributed by atoms with E-state index in [1.54, 1.807) is 0 Å². The number of thiazole rings is 1. The molecule has 1 aromatic rings. The second-order valence-corrected chi connectivity index (χ2v) is 11.2. The van der Waals surface area contributed by atoms with Crippen LogP contribution in [-0.2, 0) is 6.54 Å². The molecule has 3 aliphatic rings. The summed E-state index contributed by atoms with van der Waals surface area (Å²) in [4.78, 5) is 16.5. The van der Waals surface area contributed by atoms with Gasteiger partial charge in [-0.05, 0) is 64.1 Å². The molecule has 3 heterocycles. The molecular weight excluding hydrogens is 390 g/mol. The number of nitrogens with zero attached hydrogens (tertiary/aromatic N) is 5. The summed E-state index contributed by atoms with van der Waals surface area (Å²) in [6, 6.07) is 0.888. The molecule has 1 aromatic heterocycles. The first-order valence-corrected chi connectivity index (χ1v) is 13.3. The first-order valence-electron chi connectivity index (χ1n) is 12.5. The van der Waals surface area contributed by atoms with Crippen LogP contribution in [0.3, 0.4) is 0 Å². The second-order valence-electron chi connectivity index (χ2n) is 10.1. The molecule has 0 aromatic carbocycles. The van der Waals surface area contributed by atoms with Crippen LogP contribution in [0.2, 0.25) is 0 Å². The van der Waals surface area contributed by atoms with Gasteiger partial charge in [-0.15, -0.1) is 11.3 Å². The van der Waals surface area contributed by atoms with Gasteiger partial charge in [-0.2, -0.15) is 0 Å². The van der Waals surface area contributed by atoms with Gasteiger partial charge in [0.1, 0.15) is 0 Å². The predicted octanol–water partition coefficient (Wildman–Crippen LogP) is 4.15. The molecule has 5 nitrogen and oxygen atoms in total. The Labute approximate surface area is 188 Å². The summed E-state index contributed by atoms with van der Waals surface area (Å²) in [5.41, 5.74) is 0. The van der Waals surface area contributed by atoms with Crippen LogP contribution >= 0.6 is 11.3 Å². The first kappa shape index (κ1) is 22.5. The average molecular weight is 434 g/mol. The van der Waals surface area contributed by atoms with Crippen LogP contribution in [-0.4, -0.2) is 85.6 Å². The van der Waals surface area contributed by atoms with Crippen molar-refractivity contribution in [2.75, 3.05) is 64.8 Å². The zero-order chi connectivity index (χ0) is 20.8. The molecule has 0 N–H and O–H groups in total. The second kappa shape index (κ2) is 11.3. The van der Waals surface area contributed by atoms with E-state index < -0.39 is 0 Å². The predicted molar refractivity (Wildman–Crippen MR) is 129 cm³/mol. The normalized spacial score (nSPS) is 24.7. The molecule has 170 valence electrons. The van der Waals surface area contributed by atoms with Crippen LogP contribution < -0.4 is 4.90 Å². The van der Waals surface area contributed by atoms with Gasteiger partial charge in [-0.25, -0.2) is 4.98 Å². The maximum Gasteiger partial charge on any atom is 0.185 e. The molecule has 6 heteroatoms. The lowest BCUT2D eigenvalue weighted by molar-refractivity contribution is 0.0915. The Kier molecular flexibility index (Phi) is 8.44. The topological polar surface area (TPSA) is 25.9 Å². The highest BCUT2D eigenvalue weighted by atomic mass is 32.1. The third-order valence-electron chi connectivity index (χ3n) is 7.39. The Morgan fingerprint density at radius 2 is 1.80 bits per heavy atom. The summed E-state index contributed by atoms with van der Waals surface area (Å²) in [5.74, 6) is 0.835. The molecule has 4 rings (SSSR count). The van der Waals surface area contributed by atoms with E-state index in [4.69, 9.17) is 0 Å². The summed E-state index contributed by atoms with van der Waals surface area (Å²) in [5, 5.41) is 1.13. The zero-order valence-corrected chi connectivity index (χ0v) is 20.2. The fourth-order valence-electron chi connectivity index (χ4n) is 5.71. The highest BCUT2D eigenvalue weighted by Crippen LogP contribution is 2.29. The van der Waals surface area contributed by atoms with Crippen molar-refractivity contribution in [3.63, 3.8) is 0 Å². The van der Waals surface area contributed by atoms with Crippen LogP contribution in [0.15, 0.2) is 6.20 Å². The number of likely N-dealkylation sites (tertiary alicyclic amines) is 2. The van der Waals surface area contributed by atoms with Gasteiger partial charge in [0.05, 0.1) is 0 Å². The number of piperidine rings is 2. The van der Waals surface area contributed by atoms with Crippen molar-refractivity contribution in [1.29, 1.82) is 0 Å². The molecule has 0 spiro atoms. The maximum absolute atomic E-state index is 4.63. The molecule has 0 amide bonds. The molecule has 0 unspecified atom stereocenters. The number of rotatable bonds is 9. The van der Waals surface area contributed by atoms with Crippen molar-refractivity contribution in [2.24, 2.45) is 5.92 Å². The van der Waals surface area contributed by atoms with E-state index in [2.05, 4.69) is 44.9 Å². The fourth-order valence-corrected chi connectivity index (χ4v) is 6.59.